The summed E-state index contributed by atoms with van der Waals surface area (Å²) in [7, 11) is 0. The molecule has 1 aliphatic rings. The summed E-state index contributed by atoms with van der Waals surface area (Å²) in [6, 6.07) is 8.78. The molecular weight excluding hydrogens is 483 g/mol. The van der Waals surface area contributed by atoms with Crippen LogP contribution in [0, 0.1) is 17.5 Å². The third kappa shape index (κ3) is 5.05. The van der Waals surface area contributed by atoms with E-state index in [1.807, 2.05) is 6.07 Å². The molecule has 10 heteroatoms. The summed E-state index contributed by atoms with van der Waals surface area (Å²) < 4.78 is 43.0. The summed E-state index contributed by atoms with van der Waals surface area (Å²) in [5.41, 5.74) is 9.60. The molecule has 0 bridgehead atoms. The molecule has 3 heterocycles. The first kappa shape index (κ1) is 24.5. The molecule has 4 aromatic rings. The van der Waals surface area contributed by atoms with Crippen LogP contribution in [0.15, 0.2) is 55.0 Å². The fourth-order valence-electron chi connectivity index (χ4n) is 4.78. The Balaban J connectivity index is 1.72. The van der Waals surface area contributed by atoms with Gasteiger partial charge in [0.05, 0.1) is 17.4 Å². The molecule has 2 aromatic heterocycles. The summed E-state index contributed by atoms with van der Waals surface area (Å²) in [6.07, 6.45) is 4.33. The van der Waals surface area contributed by atoms with Crippen LogP contribution in [0.25, 0.3) is 33.2 Å². The second kappa shape index (κ2) is 10.1. The molecule has 0 saturated carbocycles. The predicted octanol–water partition coefficient (Wildman–Crippen LogP) is 5.08. The maximum atomic E-state index is 14.7. The molecule has 0 aliphatic carbocycles. The van der Waals surface area contributed by atoms with Gasteiger partial charge in [0, 0.05) is 66.2 Å². The molecule has 0 atom stereocenters. The van der Waals surface area contributed by atoms with Crippen LogP contribution in [0.1, 0.15) is 18.4 Å². The molecule has 1 fully saturated rings. The lowest BCUT2D eigenvalue weighted by Gasteiger charge is -2.34. The maximum absolute atomic E-state index is 14.7. The predicted molar refractivity (Wildman–Crippen MR) is 135 cm³/mol. The van der Waals surface area contributed by atoms with Gasteiger partial charge in [0.15, 0.2) is 0 Å². The van der Waals surface area contributed by atoms with Gasteiger partial charge >= 0.3 is 6.09 Å². The highest BCUT2D eigenvalue weighted by molar-refractivity contribution is 6.01. The Bertz CT molecular complexity index is 1470. The molecular formula is C27H24F3N5O2. The van der Waals surface area contributed by atoms with Gasteiger partial charge in [0.2, 0.25) is 0 Å². The number of piperidine rings is 1. The van der Waals surface area contributed by atoms with Crippen molar-refractivity contribution in [3.63, 3.8) is 0 Å². The average molecular weight is 508 g/mol. The summed E-state index contributed by atoms with van der Waals surface area (Å²) in [6.45, 7) is 1.05. The van der Waals surface area contributed by atoms with E-state index in [4.69, 9.17) is 10.8 Å². The van der Waals surface area contributed by atoms with Gasteiger partial charge < -0.3 is 21.1 Å². The number of fused-ring (bicyclic) bond motifs is 1. The van der Waals surface area contributed by atoms with Gasteiger partial charge in [-0.25, -0.2) is 18.0 Å². The lowest BCUT2D eigenvalue weighted by atomic mass is 9.95. The van der Waals surface area contributed by atoms with Crippen LogP contribution in [-0.4, -0.2) is 40.3 Å². The molecule has 37 heavy (non-hydrogen) atoms. The van der Waals surface area contributed by atoms with Crippen molar-refractivity contribution in [1.82, 2.24) is 15.3 Å². The number of hydrogen-bond donors (Lipinski definition) is 3. The SMILES string of the molecule is NC1CCN(c2c(-c3cc(F)cc(F)c3)cnc3ccc(-c4cncc(F)c4CNC(=O)O)cc23)CC1. The van der Waals surface area contributed by atoms with E-state index in [9.17, 15) is 18.0 Å². The zero-order valence-electron chi connectivity index (χ0n) is 19.7. The van der Waals surface area contributed by atoms with Crippen molar-refractivity contribution >= 4 is 22.7 Å². The molecule has 7 nitrogen and oxygen atoms in total. The Morgan fingerprint density at radius 3 is 2.43 bits per heavy atom. The second-order valence-electron chi connectivity index (χ2n) is 9.04. The van der Waals surface area contributed by atoms with Crippen LogP contribution in [0.2, 0.25) is 0 Å². The Labute approximate surface area is 210 Å². The fourth-order valence-corrected chi connectivity index (χ4v) is 4.78. The van der Waals surface area contributed by atoms with Crippen molar-refractivity contribution in [3.8, 4) is 22.3 Å². The number of rotatable bonds is 5. The van der Waals surface area contributed by atoms with Gasteiger partial charge in [-0.15, -0.1) is 0 Å². The molecule has 4 N–H and O–H groups in total. The highest BCUT2D eigenvalue weighted by Gasteiger charge is 2.23. The van der Waals surface area contributed by atoms with E-state index in [-0.39, 0.29) is 18.2 Å². The van der Waals surface area contributed by atoms with Crippen molar-refractivity contribution in [3.05, 3.63) is 78.0 Å². The van der Waals surface area contributed by atoms with E-state index < -0.39 is 23.5 Å². The normalized spacial score (nSPS) is 14.2. The highest BCUT2D eigenvalue weighted by Crippen LogP contribution is 2.40. The molecule has 1 amide bonds. The van der Waals surface area contributed by atoms with Crippen LogP contribution in [0.3, 0.4) is 0 Å². The van der Waals surface area contributed by atoms with Crippen LogP contribution < -0.4 is 16.0 Å². The minimum atomic E-state index is -1.28. The van der Waals surface area contributed by atoms with Crippen molar-refractivity contribution in [2.75, 3.05) is 18.0 Å². The van der Waals surface area contributed by atoms with Crippen LogP contribution in [-0.2, 0) is 6.54 Å². The number of carboxylic acid groups (broad SMARTS) is 1. The number of nitrogens with one attached hydrogen (secondary N) is 1. The lowest BCUT2D eigenvalue weighted by molar-refractivity contribution is 0.194. The first-order valence-corrected chi connectivity index (χ1v) is 11.8. The molecule has 5 rings (SSSR count). The first-order chi connectivity index (χ1) is 17.8. The third-order valence-corrected chi connectivity index (χ3v) is 6.60. The van der Waals surface area contributed by atoms with Crippen LogP contribution in [0.4, 0.5) is 23.7 Å². The molecule has 1 aliphatic heterocycles. The minimum absolute atomic E-state index is 0.0673. The standard InChI is InChI=1S/C27H24F3N5O2/c28-17-7-16(8-18(29)10-17)22-12-33-25-2-1-15(9-20(25)26(22)35-5-3-19(31)4-6-35)21-11-32-14-24(30)23(21)13-34-27(36)37/h1-2,7-12,14,19,34H,3-6,13,31H2,(H,36,37). The van der Waals surface area contributed by atoms with Crippen molar-refractivity contribution in [1.29, 1.82) is 0 Å². The van der Waals surface area contributed by atoms with Crippen LogP contribution in [0.5, 0.6) is 0 Å². The summed E-state index contributed by atoms with van der Waals surface area (Å²) >= 11 is 0. The Hall–Kier alpha value is -4.18. The zero-order chi connectivity index (χ0) is 26.1. The molecule has 190 valence electrons. The number of benzene rings is 2. The van der Waals surface area contributed by atoms with Crippen LogP contribution >= 0.6 is 0 Å². The summed E-state index contributed by atoms with van der Waals surface area (Å²) in [4.78, 5) is 21.7. The highest BCUT2D eigenvalue weighted by atomic mass is 19.1. The number of nitrogens with zero attached hydrogens (tertiary/aromatic N) is 3. The Kier molecular flexibility index (Phi) is 6.66. The first-order valence-electron chi connectivity index (χ1n) is 11.8. The van der Waals surface area contributed by atoms with Crippen molar-refractivity contribution < 1.29 is 23.1 Å². The minimum Gasteiger partial charge on any atom is -0.465 e. The number of amides is 1. The van der Waals surface area contributed by atoms with Crippen molar-refractivity contribution in [2.45, 2.75) is 25.4 Å². The molecule has 2 aromatic carbocycles. The van der Waals surface area contributed by atoms with Gasteiger partial charge in [-0.2, -0.15) is 0 Å². The zero-order valence-corrected chi connectivity index (χ0v) is 19.7. The number of aromatic nitrogens is 2. The van der Waals surface area contributed by atoms with Gasteiger partial charge in [-0.05, 0) is 48.2 Å². The lowest BCUT2D eigenvalue weighted by Crippen LogP contribution is -2.40. The largest absolute Gasteiger partial charge is 0.465 e. The van der Waals surface area contributed by atoms with Crippen molar-refractivity contribution in [2.24, 2.45) is 5.73 Å². The number of carbonyl (C=O) groups is 1. The average Bonchev–Trinajstić information content (AvgIpc) is 2.87. The second-order valence-corrected chi connectivity index (χ2v) is 9.04. The number of hydrogen-bond acceptors (Lipinski definition) is 5. The summed E-state index contributed by atoms with van der Waals surface area (Å²) in [5.74, 6) is -2.03. The third-order valence-electron chi connectivity index (χ3n) is 6.60. The molecule has 0 radical (unpaired) electrons. The van der Waals surface area contributed by atoms with E-state index >= 15 is 0 Å². The quantitative estimate of drug-likeness (QED) is 0.348. The number of anilines is 1. The molecule has 0 spiro atoms. The van der Waals surface area contributed by atoms with Gasteiger partial charge in [0.1, 0.15) is 17.5 Å². The smallest absolute Gasteiger partial charge is 0.404 e. The van der Waals surface area contributed by atoms with E-state index in [1.54, 1.807) is 18.3 Å². The maximum Gasteiger partial charge on any atom is 0.404 e. The number of pyridine rings is 2. The van der Waals surface area contributed by atoms with Gasteiger partial charge in [-0.3, -0.25) is 9.97 Å². The van der Waals surface area contributed by atoms with E-state index in [0.29, 0.717) is 46.2 Å². The van der Waals surface area contributed by atoms with Gasteiger partial charge in [0.25, 0.3) is 0 Å². The monoisotopic (exact) mass is 507 g/mol. The fraction of sp³-hybridized carbons (Fsp3) is 0.222. The molecule has 1 saturated heterocycles. The molecule has 0 unspecified atom stereocenters. The Morgan fingerprint density at radius 2 is 1.73 bits per heavy atom. The number of halogens is 3. The topological polar surface area (TPSA) is 104 Å². The Morgan fingerprint density at radius 1 is 1.00 bits per heavy atom. The summed E-state index contributed by atoms with van der Waals surface area (Å²) in [5, 5.41) is 11.9. The van der Waals surface area contributed by atoms with E-state index in [2.05, 4.69) is 20.2 Å². The van der Waals surface area contributed by atoms with E-state index in [1.165, 1.54) is 18.3 Å². The van der Waals surface area contributed by atoms with E-state index in [0.717, 1.165) is 30.8 Å². The van der Waals surface area contributed by atoms with Gasteiger partial charge in [-0.1, -0.05) is 6.07 Å². The number of nitrogens with two attached hydrogens (primary N) is 1.